The lowest BCUT2D eigenvalue weighted by molar-refractivity contribution is -0.133. The first-order valence-corrected chi connectivity index (χ1v) is 9.34. The first-order chi connectivity index (χ1) is 11.7. The van der Waals surface area contributed by atoms with Crippen LogP contribution >= 0.6 is 0 Å². The van der Waals surface area contributed by atoms with E-state index >= 15 is 0 Å². The van der Waals surface area contributed by atoms with Crippen molar-refractivity contribution in [1.29, 1.82) is 0 Å². The largest absolute Gasteiger partial charge is 0.442 e. The van der Waals surface area contributed by atoms with Crippen LogP contribution in [0.25, 0.3) is 0 Å². The number of rotatable bonds is 3. The summed E-state index contributed by atoms with van der Waals surface area (Å²) in [5.41, 5.74) is 4.03. The minimum atomic E-state index is -0.274. The van der Waals surface area contributed by atoms with Crippen LogP contribution in [0.15, 0.2) is 28.5 Å². The summed E-state index contributed by atoms with van der Waals surface area (Å²) in [6.45, 7) is 2.82. The standard InChI is InChI=1S/C19H27N3O2/c1-13-3-2-4-17(20-13)14-5-7-16-9-18-15(11-22(16)10-14)6-8-19(21-18)24-12-23/h10-13,16-17,19-20H,2-9H2,1H3. The van der Waals surface area contributed by atoms with Crippen LogP contribution in [0.4, 0.5) is 0 Å². The van der Waals surface area contributed by atoms with E-state index in [0.29, 0.717) is 24.6 Å². The van der Waals surface area contributed by atoms with Gasteiger partial charge in [-0.25, -0.2) is 4.99 Å². The molecule has 130 valence electrons. The summed E-state index contributed by atoms with van der Waals surface area (Å²) in [5, 5.41) is 3.77. The van der Waals surface area contributed by atoms with Crippen LogP contribution in [0.1, 0.15) is 58.3 Å². The molecule has 0 radical (unpaired) electrons. The number of carbonyl (C=O) groups excluding carboxylic acids is 1. The molecule has 4 aliphatic heterocycles. The second-order valence-corrected chi connectivity index (χ2v) is 7.55. The number of carbonyl (C=O) groups is 1. The smallest absolute Gasteiger partial charge is 0.295 e. The number of allylic oxidation sites excluding steroid dienone is 1. The number of hydrogen-bond donors (Lipinski definition) is 1. The average Bonchev–Trinajstić information content (AvgIpc) is 2.60. The minimum Gasteiger partial charge on any atom is -0.442 e. The van der Waals surface area contributed by atoms with Crippen molar-refractivity contribution in [3.8, 4) is 0 Å². The second-order valence-electron chi connectivity index (χ2n) is 7.55. The van der Waals surface area contributed by atoms with Crippen LogP contribution in [0.5, 0.6) is 0 Å². The van der Waals surface area contributed by atoms with Crippen molar-refractivity contribution in [2.24, 2.45) is 4.99 Å². The van der Waals surface area contributed by atoms with Gasteiger partial charge in [-0.1, -0.05) is 6.42 Å². The Morgan fingerprint density at radius 1 is 1.25 bits per heavy atom. The van der Waals surface area contributed by atoms with E-state index in [4.69, 9.17) is 4.74 Å². The highest BCUT2D eigenvalue weighted by atomic mass is 16.5. The minimum absolute atomic E-state index is 0.274. The first-order valence-electron chi connectivity index (χ1n) is 9.34. The molecule has 0 amide bonds. The predicted molar refractivity (Wildman–Crippen MR) is 93.5 cm³/mol. The van der Waals surface area contributed by atoms with Gasteiger partial charge in [-0.15, -0.1) is 0 Å². The van der Waals surface area contributed by atoms with Gasteiger partial charge in [-0.2, -0.15) is 0 Å². The van der Waals surface area contributed by atoms with Gasteiger partial charge in [-0.05, 0) is 50.2 Å². The monoisotopic (exact) mass is 329 g/mol. The molecule has 4 unspecified atom stereocenters. The lowest BCUT2D eigenvalue weighted by Gasteiger charge is -2.41. The molecule has 4 aliphatic rings. The van der Waals surface area contributed by atoms with Crippen LogP contribution < -0.4 is 5.32 Å². The van der Waals surface area contributed by atoms with E-state index in [9.17, 15) is 4.79 Å². The highest BCUT2D eigenvalue weighted by molar-refractivity contribution is 6.01. The van der Waals surface area contributed by atoms with E-state index in [0.717, 1.165) is 25.0 Å². The number of fused-ring (bicyclic) bond motifs is 2. The predicted octanol–water partition coefficient (Wildman–Crippen LogP) is 2.89. The zero-order valence-electron chi connectivity index (χ0n) is 14.4. The third-order valence-corrected chi connectivity index (χ3v) is 5.84. The van der Waals surface area contributed by atoms with Gasteiger partial charge in [0.15, 0.2) is 6.23 Å². The Morgan fingerprint density at radius 3 is 3.00 bits per heavy atom. The maximum Gasteiger partial charge on any atom is 0.295 e. The maximum atomic E-state index is 10.5. The summed E-state index contributed by atoms with van der Waals surface area (Å²) in [6, 6.07) is 1.70. The summed E-state index contributed by atoms with van der Waals surface area (Å²) in [4.78, 5) is 17.6. The van der Waals surface area contributed by atoms with Crippen LogP contribution in [0.2, 0.25) is 0 Å². The fraction of sp³-hybridized carbons (Fsp3) is 0.684. The normalized spacial score (nSPS) is 35.9. The molecule has 1 N–H and O–H groups in total. The molecule has 1 saturated heterocycles. The number of piperidine rings is 1. The third-order valence-electron chi connectivity index (χ3n) is 5.84. The van der Waals surface area contributed by atoms with Crippen LogP contribution in [-0.2, 0) is 9.53 Å². The van der Waals surface area contributed by atoms with Crippen molar-refractivity contribution in [3.63, 3.8) is 0 Å². The zero-order valence-corrected chi connectivity index (χ0v) is 14.4. The number of aliphatic imine (C=N–C) groups is 1. The van der Waals surface area contributed by atoms with E-state index in [2.05, 4.69) is 34.5 Å². The van der Waals surface area contributed by atoms with Crippen molar-refractivity contribution in [1.82, 2.24) is 10.2 Å². The molecular weight excluding hydrogens is 302 g/mol. The van der Waals surface area contributed by atoms with Crippen molar-refractivity contribution < 1.29 is 9.53 Å². The van der Waals surface area contributed by atoms with E-state index in [-0.39, 0.29) is 6.23 Å². The molecular formula is C19H27N3O2. The Morgan fingerprint density at radius 2 is 2.17 bits per heavy atom. The SMILES string of the molecule is CC1CCCC(C2=CN3C=C4CCC(OC=O)N=C4CC3CC2)N1. The topological polar surface area (TPSA) is 53.9 Å². The summed E-state index contributed by atoms with van der Waals surface area (Å²) >= 11 is 0. The third kappa shape index (κ3) is 3.14. The molecule has 0 bridgehead atoms. The maximum absolute atomic E-state index is 10.5. The van der Waals surface area contributed by atoms with Gasteiger partial charge in [-0.3, -0.25) is 4.79 Å². The zero-order chi connectivity index (χ0) is 16.5. The summed E-state index contributed by atoms with van der Waals surface area (Å²) in [7, 11) is 0. The highest BCUT2D eigenvalue weighted by Gasteiger charge is 2.33. The van der Waals surface area contributed by atoms with Crippen LogP contribution in [0.3, 0.4) is 0 Å². The van der Waals surface area contributed by atoms with Gasteiger partial charge in [0, 0.05) is 49.1 Å². The molecule has 0 aromatic heterocycles. The van der Waals surface area contributed by atoms with Gasteiger partial charge >= 0.3 is 0 Å². The molecule has 0 spiro atoms. The fourth-order valence-corrected chi connectivity index (χ4v) is 4.52. The summed E-state index contributed by atoms with van der Waals surface area (Å²) in [5.74, 6) is 0. The van der Waals surface area contributed by atoms with Gasteiger partial charge in [0.25, 0.3) is 6.47 Å². The molecule has 5 nitrogen and oxygen atoms in total. The molecule has 0 aromatic carbocycles. The molecule has 4 rings (SSSR count). The highest BCUT2D eigenvalue weighted by Crippen LogP contribution is 2.35. The number of ether oxygens (including phenoxy) is 1. The fourth-order valence-electron chi connectivity index (χ4n) is 4.52. The number of nitrogens with zero attached hydrogens (tertiary/aromatic N) is 2. The Balaban J connectivity index is 1.52. The number of nitrogens with one attached hydrogen (secondary N) is 1. The Hall–Kier alpha value is -1.62. The van der Waals surface area contributed by atoms with E-state index < -0.39 is 0 Å². The summed E-state index contributed by atoms with van der Waals surface area (Å²) < 4.78 is 5.05. The van der Waals surface area contributed by atoms with Crippen molar-refractivity contribution >= 4 is 12.2 Å². The van der Waals surface area contributed by atoms with Gasteiger partial charge in [0.05, 0.1) is 0 Å². The molecule has 0 aliphatic carbocycles. The van der Waals surface area contributed by atoms with Gasteiger partial charge in [0.2, 0.25) is 0 Å². The van der Waals surface area contributed by atoms with E-state index in [1.165, 1.54) is 37.7 Å². The van der Waals surface area contributed by atoms with Gasteiger partial charge < -0.3 is 15.0 Å². The van der Waals surface area contributed by atoms with Crippen LogP contribution in [-0.4, -0.2) is 41.4 Å². The second kappa shape index (κ2) is 6.71. The molecule has 5 heteroatoms. The average molecular weight is 329 g/mol. The Labute approximate surface area is 143 Å². The number of hydrogen-bond acceptors (Lipinski definition) is 5. The molecule has 4 atom stereocenters. The van der Waals surface area contributed by atoms with Crippen molar-refractivity contribution in [2.75, 3.05) is 0 Å². The van der Waals surface area contributed by atoms with E-state index in [1.54, 1.807) is 5.57 Å². The molecule has 4 heterocycles. The summed E-state index contributed by atoms with van der Waals surface area (Å²) in [6.07, 6.45) is 13.4. The lowest BCUT2D eigenvalue weighted by Crippen LogP contribution is -2.45. The molecule has 0 aromatic rings. The lowest BCUT2D eigenvalue weighted by atomic mass is 9.84. The molecule has 0 saturated carbocycles. The molecule has 1 fully saturated rings. The molecule has 24 heavy (non-hydrogen) atoms. The van der Waals surface area contributed by atoms with Gasteiger partial charge in [0.1, 0.15) is 0 Å². The quantitative estimate of drug-likeness (QED) is 0.809. The Kier molecular flexibility index (Phi) is 4.44. The van der Waals surface area contributed by atoms with Crippen molar-refractivity contribution in [3.05, 3.63) is 23.5 Å². The van der Waals surface area contributed by atoms with E-state index in [1.807, 2.05) is 0 Å². The van der Waals surface area contributed by atoms with Crippen molar-refractivity contribution in [2.45, 2.75) is 82.6 Å². The van der Waals surface area contributed by atoms with Crippen LogP contribution in [0, 0.1) is 0 Å². The Bertz CT molecular complexity index is 595. The first kappa shape index (κ1) is 15.9.